The standard InChI is InChI=1S/C7H18OSi/c1-7(5-6-8)9(2,3)4/h7-8H,5-6H2,1-4H3. The molecule has 0 aliphatic rings. The molecule has 0 radical (unpaired) electrons. The van der Waals surface area contributed by atoms with Crippen molar-refractivity contribution in [3.8, 4) is 0 Å². The van der Waals surface area contributed by atoms with Crippen LogP contribution in [0.3, 0.4) is 0 Å². The molecule has 0 bridgehead atoms. The fourth-order valence-corrected chi connectivity index (χ4v) is 1.62. The molecule has 56 valence electrons. The molecule has 0 spiro atoms. The summed E-state index contributed by atoms with van der Waals surface area (Å²) in [5.74, 6) is 0. The zero-order valence-electron chi connectivity index (χ0n) is 6.94. The third-order valence-corrected chi connectivity index (χ3v) is 5.29. The van der Waals surface area contributed by atoms with Crippen LogP contribution in [0.2, 0.25) is 25.2 Å². The van der Waals surface area contributed by atoms with Crippen molar-refractivity contribution in [2.24, 2.45) is 0 Å². The first-order valence-electron chi connectivity index (χ1n) is 3.59. The maximum atomic E-state index is 8.62. The van der Waals surface area contributed by atoms with E-state index in [0.29, 0.717) is 6.61 Å². The van der Waals surface area contributed by atoms with E-state index in [1.807, 2.05) is 0 Å². The minimum absolute atomic E-state index is 0.353. The summed E-state index contributed by atoms with van der Waals surface area (Å²) in [7, 11) is -0.942. The molecule has 0 amide bonds. The predicted octanol–water partition coefficient (Wildman–Crippen LogP) is 2.10. The Labute approximate surface area is 59.1 Å². The lowest BCUT2D eigenvalue weighted by Crippen LogP contribution is -2.26. The number of hydrogen-bond donors (Lipinski definition) is 1. The van der Waals surface area contributed by atoms with Gasteiger partial charge in [0.05, 0.1) is 0 Å². The Morgan fingerprint density at radius 2 is 1.78 bits per heavy atom. The highest BCUT2D eigenvalue weighted by Crippen LogP contribution is 2.23. The summed E-state index contributed by atoms with van der Waals surface area (Å²) in [6.07, 6.45) is 0.982. The Morgan fingerprint density at radius 3 is 1.89 bits per heavy atom. The van der Waals surface area contributed by atoms with Gasteiger partial charge < -0.3 is 5.11 Å². The van der Waals surface area contributed by atoms with Crippen LogP contribution >= 0.6 is 0 Å². The van der Waals surface area contributed by atoms with Crippen LogP contribution in [0.1, 0.15) is 13.3 Å². The molecule has 0 saturated carbocycles. The second kappa shape index (κ2) is 3.37. The predicted molar refractivity (Wildman–Crippen MR) is 44.5 cm³/mol. The maximum absolute atomic E-state index is 8.62. The van der Waals surface area contributed by atoms with Crippen molar-refractivity contribution < 1.29 is 5.11 Å². The SMILES string of the molecule is CC(CCO)[Si](C)(C)C. The van der Waals surface area contributed by atoms with Gasteiger partial charge in [-0.2, -0.15) is 0 Å². The topological polar surface area (TPSA) is 20.2 Å². The highest BCUT2D eigenvalue weighted by Gasteiger charge is 2.20. The monoisotopic (exact) mass is 146 g/mol. The van der Waals surface area contributed by atoms with E-state index in [9.17, 15) is 0 Å². The Morgan fingerprint density at radius 1 is 1.33 bits per heavy atom. The maximum Gasteiger partial charge on any atom is 0.0471 e. The number of aliphatic hydroxyl groups excluding tert-OH is 1. The van der Waals surface area contributed by atoms with Crippen molar-refractivity contribution in [3.63, 3.8) is 0 Å². The summed E-state index contributed by atoms with van der Waals surface area (Å²) in [6.45, 7) is 9.61. The van der Waals surface area contributed by atoms with Crippen LogP contribution in [0.4, 0.5) is 0 Å². The summed E-state index contributed by atoms with van der Waals surface area (Å²) in [5, 5.41) is 8.62. The summed E-state index contributed by atoms with van der Waals surface area (Å²) in [5.41, 5.74) is 0.752. The average Bonchev–Trinajstić information content (AvgIpc) is 1.64. The van der Waals surface area contributed by atoms with E-state index in [1.54, 1.807) is 0 Å². The highest BCUT2D eigenvalue weighted by atomic mass is 28.3. The molecule has 0 aliphatic heterocycles. The lowest BCUT2D eigenvalue weighted by Gasteiger charge is -2.23. The molecule has 0 aromatic rings. The summed E-state index contributed by atoms with van der Waals surface area (Å²) in [6, 6.07) is 0. The first kappa shape index (κ1) is 9.18. The second-order valence-corrected chi connectivity index (χ2v) is 9.50. The summed E-state index contributed by atoms with van der Waals surface area (Å²) in [4.78, 5) is 0. The molecule has 9 heavy (non-hydrogen) atoms. The summed E-state index contributed by atoms with van der Waals surface area (Å²) < 4.78 is 0. The molecule has 0 rings (SSSR count). The van der Waals surface area contributed by atoms with Crippen LogP contribution in [-0.2, 0) is 0 Å². The summed E-state index contributed by atoms with van der Waals surface area (Å²) >= 11 is 0. The molecule has 0 fully saturated rings. The second-order valence-electron chi connectivity index (χ2n) is 3.78. The van der Waals surface area contributed by atoms with Crippen LogP contribution < -0.4 is 0 Å². The minimum atomic E-state index is -0.942. The first-order chi connectivity index (χ1) is 3.98. The van der Waals surface area contributed by atoms with Gasteiger partial charge in [-0.1, -0.05) is 26.6 Å². The molecule has 0 aromatic heterocycles. The van der Waals surface area contributed by atoms with E-state index >= 15 is 0 Å². The fourth-order valence-electron chi connectivity index (χ4n) is 0.627. The van der Waals surface area contributed by atoms with Gasteiger partial charge in [-0.15, -0.1) is 0 Å². The smallest absolute Gasteiger partial charge is 0.0471 e. The van der Waals surface area contributed by atoms with Crippen LogP contribution in [0.15, 0.2) is 0 Å². The number of rotatable bonds is 3. The molecule has 0 heterocycles. The molecular weight excluding hydrogens is 128 g/mol. The Balaban J connectivity index is 3.59. The van der Waals surface area contributed by atoms with E-state index in [1.165, 1.54) is 0 Å². The fraction of sp³-hybridized carbons (Fsp3) is 1.00. The minimum Gasteiger partial charge on any atom is -0.396 e. The molecule has 1 unspecified atom stereocenters. The molecule has 0 saturated heterocycles. The third kappa shape index (κ3) is 3.70. The van der Waals surface area contributed by atoms with Crippen molar-refractivity contribution in [3.05, 3.63) is 0 Å². The zero-order chi connectivity index (χ0) is 7.49. The van der Waals surface area contributed by atoms with Crippen LogP contribution in [-0.4, -0.2) is 19.8 Å². The van der Waals surface area contributed by atoms with Gasteiger partial charge in [0.15, 0.2) is 0 Å². The van der Waals surface area contributed by atoms with Crippen molar-refractivity contribution >= 4 is 8.07 Å². The Kier molecular flexibility index (Phi) is 3.44. The van der Waals surface area contributed by atoms with Gasteiger partial charge in [0.1, 0.15) is 0 Å². The van der Waals surface area contributed by atoms with Crippen LogP contribution in [0, 0.1) is 0 Å². The van der Waals surface area contributed by atoms with Crippen LogP contribution in [0.5, 0.6) is 0 Å². The first-order valence-corrected chi connectivity index (χ1v) is 7.17. The molecule has 0 aromatic carbocycles. The molecule has 1 atom stereocenters. The molecule has 2 heteroatoms. The van der Waals surface area contributed by atoms with Crippen molar-refractivity contribution in [2.75, 3.05) is 6.61 Å². The van der Waals surface area contributed by atoms with Gasteiger partial charge >= 0.3 is 0 Å². The normalized spacial score (nSPS) is 15.7. The van der Waals surface area contributed by atoms with Crippen molar-refractivity contribution in [1.82, 2.24) is 0 Å². The Hall–Kier alpha value is 0.177. The lowest BCUT2D eigenvalue weighted by atomic mass is 10.3. The zero-order valence-corrected chi connectivity index (χ0v) is 7.94. The van der Waals surface area contributed by atoms with E-state index in [2.05, 4.69) is 26.6 Å². The van der Waals surface area contributed by atoms with Gasteiger partial charge in [0, 0.05) is 14.7 Å². The lowest BCUT2D eigenvalue weighted by molar-refractivity contribution is 0.286. The van der Waals surface area contributed by atoms with Gasteiger partial charge in [-0.05, 0) is 12.0 Å². The Bertz CT molecular complexity index is 75.5. The molecule has 1 N–H and O–H groups in total. The van der Waals surface area contributed by atoms with Crippen LogP contribution in [0.25, 0.3) is 0 Å². The van der Waals surface area contributed by atoms with Gasteiger partial charge in [-0.25, -0.2) is 0 Å². The van der Waals surface area contributed by atoms with Crippen molar-refractivity contribution in [1.29, 1.82) is 0 Å². The van der Waals surface area contributed by atoms with Gasteiger partial charge in [0.2, 0.25) is 0 Å². The highest BCUT2D eigenvalue weighted by molar-refractivity contribution is 6.77. The quantitative estimate of drug-likeness (QED) is 0.605. The molecule has 1 nitrogen and oxygen atoms in total. The molecule has 0 aliphatic carbocycles. The number of aliphatic hydroxyl groups is 1. The van der Waals surface area contributed by atoms with E-state index in [4.69, 9.17) is 5.11 Å². The van der Waals surface area contributed by atoms with E-state index in [0.717, 1.165) is 12.0 Å². The van der Waals surface area contributed by atoms with Gasteiger partial charge in [-0.3, -0.25) is 0 Å². The number of hydrogen-bond acceptors (Lipinski definition) is 1. The molecular formula is C7H18OSi. The van der Waals surface area contributed by atoms with Crippen molar-refractivity contribution in [2.45, 2.75) is 38.5 Å². The van der Waals surface area contributed by atoms with Gasteiger partial charge in [0.25, 0.3) is 0 Å². The largest absolute Gasteiger partial charge is 0.396 e. The van der Waals surface area contributed by atoms with E-state index in [-0.39, 0.29) is 0 Å². The average molecular weight is 146 g/mol. The van der Waals surface area contributed by atoms with E-state index < -0.39 is 8.07 Å². The third-order valence-electron chi connectivity index (χ3n) is 2.04.